The van der Waals surface area contributed by atoms with Crippen LogP contribution in [-0.2, 0) is 11.3 Å². The van der Waals surface area contributed by atoms with Gasteiger partial charge in [-0.1, -0.05) is 0 Å². The highest BCUT2D eigenvalue weighted by atomic mass is 32.1. The Morgan fingerprint density at radius 1 is 1.47 bits per heavy atom. The highest BCUT2D eigenvalue weighted by Gasteiger charge is 2.33. The summed E-state index contributed by atoms with van der Waals surface area (Å²) in [6.45, 7) is -2.64. The van der Waals surface area contributed by atoms with Crippen LogP contribution in [0.4, 0.5) is 18.0 Å². The van der Waals surface area contributed by atoms with Crippen molar-refractivity contribution in [3.63, 3.8) is 0 Å². The molecular weight excluding hydrogens is 287 g/mol. The Kier molecular flexibility index (Phi) is 5.10. The van der Waals surface area contributed by atoms with Gasteiger partial charge >= 0.3 is 18.2 Å². The predicted octanol–water partition coefficient (Wildman–Crippen LogP) is 1.30. The summed E-state index contributed by atoms with van der Waals surface area (Å²) in [5.74, 6) is -1.52. The van der Waals surface area contributed by atoms with E-state index in [-0.39, 0.29) is 11.4 Å². The molecule has 19 heavy (non-hydrogen) atoms. The molecule has 0 atom stereocenters. The maximum absolute atomic E-state index is 12.2. The topological polar surface area (TPSA) is 82.5 Å². The summed E-state index contributed by atoms with van der Waals surface area (Å²) in [6.07, 6.45) is -3.20. The molecule has 1 rings (SSSR count). The average molecular weight is 297 g/mol. The van der Waals surface area contributed by atoms with Gasteiger partial charge in [0.15, 0.2) is 0 Å². The number of carboxylic acid groups (broad SMARTS) is 1. The monoisotopic (exact) mass is 297 g/mol. The Labute approximate surface area is 109 Å². The Hall–Kier alpha value is -1.84. The molecule has 1 aromatic heterocycles. The van der Waals surface area contributed by atoms with E-state index in [4.69, 9.17) is 5.11 Å². The number of nitrogens with zero attached hydrogens (tertiary/aromatic N) is 2. The van der Waals surface area contributed by atoms with Crippen LogP contribution in [0.5, 0.6) is 0 Å². The molecule has 0 aliphatic carbocycles. The zero-order chi connectivity index (χ0) is 14.5. The zero-order valence-corrected chi connectivity index (χ0v) is 10.3. The van der Waals surface area contributed by atoms with E-state index in [0.717, 1.165) is 0 Å². The third-order valence-electron chi connectivity index (χ3n) is 1.88. The fourth-order valence-electron chi connectivity index (χ4n) is 1.18. The lowest BCUT2D eigenvalue weighted by Gasteiger charge is -2.22. The number of aliphatic carboxylic acids is 1. The lowest BCUT2D eigenvalue weighted by molar-refractivity contribution is -0.148. The van der Waals surface area contributed by atoms with Gasteiger partial charge in [0.1, 0.15) is 13.1 Å². The molecule has 10 heteroatoms. The second-order valence-corrected chi connectivity index (χ2v) is 4.46. The van der Waals surface area contributed by atoms with Gasteiger partial charge in [0, 0.05) is 11.1 Å². The number of aromatic nitrogens is 1. The molecular formula is C9H10F3N3O3S. The van der Waals surface area contributed by atoms with Gasteiger partial charge in [-0.15, -0.1) is 11.3 Å². The Morgan fingerprint density at radius 2 is 2.16 bits per heavy atom. The molecule has 1 aromatic rings. The van der Waals surface area contributed by atoms with Crippen LogP contribution in [0.15, 0.2) is 11.7 Å². The highest BCUT2D eigenvalue weighted by molar-refractivity contribution is 7.09. The molecule has 0 saturated carbocycles. The molecule has 0 aliphatic heterocycles. The van der Waals surface area contributed by atoms with E-state index < -0.39 is 31.3 Å². The van der Waals surface area contributed by atoms with Gasteiger partial charge < -0.3 is 15.3 Å². The Bertz CT molecular complexity index is 436. The van der Waals surface area contributed by atoms with E-state index in [1.807, 2.05) is 0 Å². The van der Waals surface area contributed by atoms with Gasteiger partial charge in [-0.05, 0) is 0 Å². The lowest BCUT2D eigenvalue weighted by atomic mass is 10.4. The molecule has 0 saturated heterocycles. The average Bonchev–Trinajstić information content (AvgIpc) is 2.75. The molecule has 0 spiro atoms. The minimum Gasteiger partial charge on any atom is -0.480 e. The van der Waals surface area contributed by atoms with E-state index in [0.29, 0.717) is 4.88 Å². The molecule has 0 radical (unpaired) electrons. The Balaban J connectivity index is 2.57. The maximum Gasteiger partial charge on any atom is 0.406 e. The summed E-state index contributed by atoms with van der Waals surface area (Å²) >= 11 is 1.22. The van der Waals surface area contributed by atoms with Crippen molar-refractivity contribution in [2.75, 3.05) is 13.1 Å². The van der Waals surface area contributed by atoms with Gasteiger partial charge in [-0.3, -0.25) is 9.78 Å². The van der Waals surface area contributed by atoms with Crippen LogP contribution in [0.25, 0.3) is 0 Å². The van der Waals surface area contributed by atoms with Crippen molar-refractivity contribution in [2.24, 2.45) is 0 Å². The summed E-state index contributed by atoms with van der Waals surface area (Å²) in [6, 6.07) is -1.09. The van der Waals surface area contributed by atoms with Crippen molar-refractivity contribution < 1.29 is 27.9 Å². The first kappa shape index (κ1) is 15.2. The number of hydrogen-bond acceptors (Lipinski definition) is 4. The van der Waals surface area contributed by atoms with Gasteiger partial charge in [-0.25, -0.2) is 4.79 Å². The molecule has 0 unspecified atom stereocenters. The van der Waals surface area contributed by atoms with Gasteiger partial charge in [0.05, 0.1) is 12.1 Å². The zero-order valence-electron chi connectivity index (χ0n) is 9.48. The standard InChI is InChI=1S/C9H10F3N3O3S/c10-9(11,12)4-15(3-7(16)17)8(18)14-2-6-1-13-5-19-6/h1,5H,2-4H2,(H,14,18)(H,16,17). The van der Waals surface area contributed by atoms with Crippen molar-refractivity contribution in [3.05, 3.63) is 16.6 Å². The van der Waals surface area contributed by atoms with Crippen molar-refractivity contribution in [1.82, 2.24) is 15.2 Å². The van der Waals surface area contributed by atoms with Crippen molar-refractivity contribution in [2.45, 2.75) is 12.7 Å². The maximum atomic E-state index is 12.2. The molecule has 0 bridgehead atoms. The lowest BCUT2D eigenvalue weighted by Crippen LogP contribution is -2.46. The first-order chi connectivity index (χ1) is 8.78. The molecule has 2 N–H and O–H groups in total. The van der Waals surface area contributed by atoms with Gasteiger partial charge in [0.25, 0.3) is 0 Å². The minimum absolute atomic E-state index is 0.00250. The van der Waals surface area contributed by atoms with E-state index in [2.05, 4.69) is 10.3 Å². The third-order valence-corrected chi connectivity index (χ3v) is 2.66. The number of halogens is 3. The molecule has 2 amide bonds. The summed E-state index contributed by atoms with van der Waals surface area (Å²) < 4.78 is 36.6. The van der Waals surface area contributed by atoms with Crippen LogP contribution in [0, 0.1) is 0 Å². The van der Waals surface area contributed by atoms with Crippen LogP contribution < -0.4 is 5.32 Å². The largest absolute Gasteiger partial charge is 0.480 e. The van der Waals surface area contributed by atoms with Crippen LogP contribution in [0.1, 0.15) is 4.88 Å². The van der Waals surface area contributed by atoms with Gasteiger partial charge in [0.2, 0.25) is 0 Å². The van der Waals surface area contributed by atoms with E-state index in [9.17, 15) is 22.8 Å². The van der Waals surface area contributed by atoms with E-state index in [1.165, 1.54) is 23.0 Å². The number of alkyl halides is 3. The smallest absolute Gasteiger partial charge is 0.406 e. The molecule has 0 aliphatic rings. The number of rotatable bonds is 5. The quantitative estimate of drug-likeness (QED) is 0.858. The van der Waals surface area contributed by atoms with E-state index in [1.54, 1.807) is 0 Å². The molecule has 1 heterocycles. The fraction of sp³-hybridized carbons (Fsp3) is 0.444. The fourth-order valence-corrected chi connectivity index (χ4v) is 1.72. The summed E-state index contributed by atoms with van der Waals surface area (Å²) in [7, 11) is 0. The predicted molar refractivity (Wildman–Crippen MR) is 59.6 cm³/mol. The second kappa shape index (κ2) is 6.36. The first-order valence-corrected chi connectivity index (χ1v) is 5.84. The minimum atomic E-state index is -4.66. The number of thiazole rings is 1. The second-order valence-electron chi connectivity index (χ2n) is 3.49. The number of carboxylic acids is 1. The van der Waals surface area contributed by atoms with Crippen molar-refractivity contribution in [3.8, 4) is 0 Å². The first-order valence-electron chi connectivity index (χ1n) is 4.96. The van der Waals surface area contributed by atoms with E-state index >= 15 is 0 Å². The van der Waals surface area contributed by atoms with Crippen LogP contribution >= 0.6 is 11.3 Å². The summed E-state index contributed by atoms with van der Waals surface area (Å²) in [5.41, 5.74) is 1.51. The van der Waals surface area contributed by atoms with Gasteiger partial charge in [-0.2, -0.15) is 13.2 Å². The number of nitrogens with one attached hydrogen (secondary N) is 1. The van der Waals surface area contributed by atoms with Crippen molar-refractivity contribution in [1.29, 1.82) is 0 Å². The third kappa shape index (κ3) is 6.04. The normalized spacial score (nSPS) is 11.1. The molecule has 0 fully saturated rings. The van der Waals surface area contributed by atoms with Crippen molar-refractivity contribution >= 4 is 23.3 Å². The van der Waals surface area contributed by atoms with Crippen LogP contribution in [0.2, 0.25) is 0 Å². The highest BCUT2D eigenvalue weighted by Crippen LogP contribution is 2.16. The summed E-state index contributed by atoms with van der Waals surface area (Å²) in [4.78, 5) is 26.5. The summed E-state index contributed by atoms with van der Waals surface area (Å²) in [5, 5.41) is 10.7. The number of hydrogen-bond donors (Lipinski definition) is 2. The SMILES string of the molecule is O=C(O)CN(CC(F)(F)F)C(=O)NCc1cncs1. The molecule has 0 aromatic carbocycles. The number of carbonyl (C=O) groups excluding carboxylic acids is 1. The molecule has 106 valence electrons. The number of urea groups is 1. The Morgan fingerprint density at radius 3 is 2.63 bits per heavy atom. The van der Waals surface area contributed by atoms with Crippen LogP contribution in [-0.4, -0.2) is 46.3 Å². The number of carbonyl (C=O) groups is 2. The van der Waals surface area contributed by atoms with Crippen LogP contribution in [0.3, 0.4) is 0 Å². The molecule has 6 nitrogen and oxygen atoms in total. The number of amides is 2.